The van der Waals surface area contributed by atoms with Crippen molar-refractivity contribution in [2.75, 3.05) is 10.2 Å². The van der Waals surface area contributed by atoms with Gasteiger partial charge in [0, 0.05) is 17.1 Å². The number of carbonyl (C=O) groups is 1. The zero-order valence-electron chi connectivity index (χ0n) is 12.9. The third-order valence-corrected chi connectivity index (χ3v) is 5.17. The van der Waals surface area contributed by atoms with Crippen LogP contribution >= 0.6 is 11.3 Å². The molecular formula is C19H16N2O2S. The lowest BCUT2D eigenvalue weighted by molar-refractivity contribution is 0.0702. The van der Waals surface area contributed by atoms with Gasteiger partial charge in [0.2, 0.25) is 0 Å². The number of aromatic carboxylic acids is 1. The number of hydrogen-bond acceptors (Lipinski definition) is 4. The monoisotopic (exact) mass is 336 g/mol. The van der Waals surface area contributed by atoms with Crippen molar-refractivity contribution in [2.45, 2.75) is 13.1 Å². The highest BCUT2D eigenvalue weighted by atomic mass is 32.1. The van der Waals surface area contributed by atoms with E-state index in [9.17, 15) is 4.79 Å². The van der Waals surface area contributed by atoms with Crippen LogP contribution in [0.25, 0.3) is 0 Å². The first-order chi connectivity index (χ1) is 11.7. The Morgan fingerprint density at radius 1 is 1.04 bits per heavy atom. The number of nitrogens with zero attached hydrogens (tertiary/aromatic N) is 1. The molecule has 0 saturated carbocycles. The standard InChI is InChI=1S/C19H16N2O2S/c22-19(23)18-10-9-14(24-18)12-21-11-13-5-1-2-6-15(13)20-16-7-3-4-8-17(16)21/h1-10,20H,11-12H2,(H,22,23). The number of carboxylic acid groups (broad SMARTS) is 1. The van der Waals surface area contributed by atoms with E-state index in [1.54, 1.807) is 6.07 Å². The third kappa shape index (κ3) is 2.74. The van der Waals surface area contributed by atoms with Gasteiger partial charge in [-0.05, 0) is 35.9 Å². The Labute approximate surface area is 144 Å². The highest BCUT2D eigenvalue weighted by Gasteiger charge is 2.19. The van der Waals surface area contributed by atoms with Gasteiger partial charge in [-0.2, -0.15) is 0 Å². The van der Waals surface area contributed by atoms with Gasteiger partial charge in [-0.15, -0.1) is 11.3 Å². The van der Waals surface area contributed by atoms with E-state index in [4.69, 9.17) is 5.11 Å². The lowest BCUT2D eigenvalue weighted by Crippen LogP contribution is -2.20. The van der Waals surface area contributed by atoms with Crippen LogP contribution in [-0.2, 0) is 13.1 Å². The summed E-state index contributed by atoms with van der Waals surface area (Å²) in [5.74, 6) is -0.866. The number of carboxylic acids is 1. The number of fused-ring (bicyclic) bond motifs is 2. The summed E-state index contributed by atoms with van der Waals surface area (Å²) in [6.45, 7) is 1.46. The molecule has 1 aromatic heterocycles. The second-order valence-electron chi connectivity index (χ2n) is 5.73. The van der Waals surface area contributed by atoms with Gasteiger partial charge >= 0.3 is 5.97 Å². The van der Waals surface area contributed by atoms with Gasteiger partial charge in [0.1, 0.15) is 4.88 Å². The number of nitrogens with one attached hydrogen (secondary N) is 1. The Balaban J connectivity index is 1.71. The number of rotatable bonds is 3. The highest BCUT2D eigenvalue weighted by molar-refractivity contribution is 7.13. The number of thiophene rings is 1. The number of anilines is 3. The van der Waals surface area contributed by atoms with Crippen LogP contribution in [0.3, 0.4) is 0 Å². The fourth-order valence-electron chi connectivity index (χ4n) is 2.98. The van der Waals surface area contributed by atoms with Crippen LogP contribution in [-0.4, -0.2) is 11.1 Å². The summed E-state index contributed by atoms with van der Waals surface area (Å²) in [7, 11) is 0. The molecule has 2 N–H and O–H groups in total. The van der Waals surface area contributed by atoms with Crippen LogP contribution < -0.4 is 10.2 Å². The van der Waals surface area contributed by atoms with E-state index in [-0.39, 0.29) is 0 Å². The van der Waals surface area contributed by atoms with E-state index < -0.39 is 5.97 Å². The molecule has 0 bridgehead atoms. The van der Waals surface area contributed by atoms with Crippen molar-refractivity contribution in [1.82, 2.24) is 0 Å². The maximum absolute atomic E-state index is 11.1. The fourth-order valence-corrected chi connectivity index (χ4v) is 3.84. The molecule has 1 aliphatic heterocycles. The normalized spacial score (nSPS) is 12.8. The zero-order valence-corrected chi connectivity index (χ0v) is 13.7. The zero-order chi connectivity index (χ0) is 16.5. The Bertz CT molecular complexity index is 904. The average Bonchev–Trinajstić information content (AvgIpc) is 2.99. The van der Waals surface area contributed by atoms with Gasteiger partial charge in [-0.25, -0.2) is 4.79 Å². The van der Waals surface area contributed by atoms with Crippen molar-refractivity contribution in [3.05, 3.63) is 76.0 Å². The molecule has 0 aliphatic carbocycles. The van der Waals surface area contributed by atoms with Crippen molar-refractivity contribution in [1.29, 1.82) is 0 Å². The van der Waals surface area contributed by atoms with E-state index in [2.05, 4.69) is 34.5 Å². The summed E-state index contributed by atoms with van der Waals surface area (Å²) in [5, 5.41) is 12.6. The molecule has 0 amide bonds. The first-order valence-electron chi connectivity index (χ1n) is 7.71. The van der Waals surface area contributed by atoms with E-state index in [1.807, 2.05) is 30.3 Å². The Kier molecular flexibility index (Phi) is 3.70. The summed E-state index contributed by atoms with van der Waals surface area (Å²) in [6, 6.07) is 20.1. The van der Waals surface area contributed by atoms with Crippen molar-refractivity contribution in [2.24, 2.45) is 0 Å². The Morgan fingerprint density at radius 3 is 2.58 bits per heavy atom. The molecule has 0 unspecified atom stereocenters. The lowest BCUT2D eigenvalue weighted by atomic mass is 10.1. The third-order valence-electron chi connectivity index (χ3n) is 4.11. The van der Waals surface area contributed by atoms with Crippen molar-refractivity contribution >= 4 is 34.4 Å². The van der Waals surface area contributed by atoms with Gasteiger partial charge in [0.15, 0.2) is 0 Å². The molecule has 4 rings (SSSR count). The topological polar surface area (TPSA) is 52.6 Å². The second-order valence-corrected chi connectivity index (χ2v) is 6.89. The van der Waals surface area contributed by atoms with Gasteiger partial charge in [0.05, 0.1) is 17.9 Å². The van der Waals surface area contributed by atoms with Gasteiger partial charge in [-0.3, -0.25) is 0 Å². The summed E-state index contributed by atoms with van der Waals surface area (Å²) in [5.41, 5.74) is 4.53. The lowest BCUT2D eigenvalue weighted by Gasteiger charge is -2.24. The van der Waals surface area contributed by atoms with E-state index in [1.165, 1.54) is 16.9 Å². The minimum atomic E-state index is -0.866. The summed E-state index contributed by atoms with van der Waals surface area (Å²) < 4.78 is 0. The quantitative estimate of drug-likeness (QED) is 0.727. The molecule has 24 heavy (non-hydrogen) atoms. The molecule has 0 fully saturated rings. The molecule has 4 nitrogen and oxygen atoms in total. The summed E-state index contributed by atoms with van der Waals surface area (Å²) in [4.78, 5) is 14.8. The SMILES string of the molecule is O=C(O)c1ccc(CN2Cc3ccccc3Nc3ccccc32)s1. The van der Waals surface area contributed by atoms with Gasteiger partial charge < -0.3 is 15.3 Å². The minimum Gasteiger partial charge on any atom is -0.477 e. The van der Waals surface area contributed by atoms with Gasteiger partial charge in [0.25, 0.3) is 0 Å². The van der Waals surface area contributed by atoms with Gasteiger partial charge in [-0.1, -0.05) is 30.3 Å². The molecule has 0 radical (unpaired) electrons. The molecule has 1 aliphatic rings. The smallest absolute Gasteiger partial charge is 0.345 e. The number of para-hydroxylation sites is 3. The highest BCUT2D eigenvalue weighted by Crippen LogP contribution is 2.36. The second kappa shape index (κ2) is 6.02. The largest absolute Gasteiger partial charge is 0.477 e. The van der Waals surface area contributed by atoms with Crippen LogP contribution in [0.2, 0.25) is 0 Å². The Hall–Kier alpha value is -2.79. The first-order valence-corrected chi connectivity index (χ1v) is 8.53. The Morgan fingerprint density at radius 2 is 1.79 bits per heavy atom. The number of benzene rings is 2. The van der Waals surface area contributed by atoms with Crippen LogP contribution in [0, 0.1) is 0 Å². The maximum atomic E-state index is 11.1. The molecule has 2 aromatic carbocycles. The molecule has 3 aromatic rings. The van der Waals surface area contributed by atoms with Crippen LogP contribution in [0.1, 0.15) is 20.1 Å². The molecule has 0 atom stereocenters. The predicted octanol–water partition coefficient (Wildman–Crippen LogP) is 4.71. The van der Waals surface area contributed by atoms with Crippen LogP contribution in [0.4, 0.5) is 17.1 Å². The van der Waals surface area contributed by atoms with Crippen molar-refractivity contribution < 1.29 is 9.90 Å². The predicted molar refractivity (Wildman–Crippen MR) is 97.3 cm³/mol. The van der Waals surface area contributed by atoms with Crippen LogP contribution in [0.15, 0.2) is 60.7 Å². The molecule has 2 heterocycles. The summed E-state index contributed by atoms with van der Waals surface area (Å²) in [6.07, 6.45) is 0. The molecule has 120 valence electrons. The molecular weight excluding hydrogens is 320 g/mol. The van der Waals surface area contributed by atoms with E-state index >= 15 is 0 Å². The minimum absolute atomic E-state index is 0.381. The van der Waals surface area contributed by atoms with Crippen LogP contribution in [0.5, 0.6) is 0 Å². The molecule has 0 saturated heterocycles. The number of hydrogen-bond donors (Lipinski definition) is 2. The van der Waals surface area contributed by atoms with Crippen molar-refractivity contribution in [3.63, 3.8) is 0 Å². The average molecular weight is 336 g/mol. The molecule has 0 spiro atoms. The summed E-state index contributed by atoms with van der Waals surface area (Å²) >= 11 is 1.34. The van der Waals surface area contributed by atoms with Crippen molar-refractivity contribution in [3.8, 4) is 0 Å². The first kappa shape index (κ1) is 14.8. The fraction of sp³-hybridized carbons (Fsp3) is 0.105. The maximum Gasteiger partial charge on any atom is 0.345 e. The van der Waals surface area contributed by atoms with E-state index in [0.29, 0.717) is 11.4 Å². The van der Waals surface area contributed by atoms with E-state index in [0.717, 1.165) is 28.5 Å². The molecule has 5 heteroatoms.